The minimum absolute atomic E-state index is 0.378. The molecule has 7 heteroatoms. The molecule has 0 aliphatic carbocycles. The van der Waals surface area contributed by atoms with E-state index in [-0.39, 0.29) is 0 Å². The molecule has 0 radical (unpaired) electrons. The molecule has 0 saturated carbocycles. The summed E-state index contributed by atoms with van der Waals surface area (Å²) >= 11 is 6.19. The molecule has 2 aromatic rings. The van der Waals surface area contributed by atoms with Gasteiger partial charge in [-0.15, -0.1) is 5.10 Å². The first kappa shape index (κ1) is 12.8. The van der Waals surface area contributed by atoms with Crippen molar-refractivity contribution >= 4 is 11.6 Å². The van der Waals surface area contributed by atoms with Crippen LogP contribution in [0.1, 0.15) is 24.4 Å². The van der Waals surface area contributed by atoms with Gasteiger partial charge >= 0.3 is 0 Å². The molecule has 0 saturated heterocycles. The topological polar surface area (TPSA) is 73.1 Å². The van der Waals surface area contributed by atoms with Gasteiger partial charge in [0.2, 0.25) is 0 Å². The van der Waals surface area contributed by atoms with Crippen LogP contribution in [0.3, 0.4) is 0 Å². The molecule has 1 N–H and O–H groups in total. The van der Waals surface area contributed by atoms with E-state index in [9.17, 15) is 5.11 Å². The molecule has 0 fully saturated rings. The highest BCUT2D eigenvalue weighted by Crippen LogP contribution is 2.28. The Morgan fingerprint density at radius 2 is 2.28 bits per heavy atom. The minimum atomic E-state index is -0.732. The maximum absolute atomic E-state index is 9.52. The lowest BCUT2D eigenvalue weighted by atomic mass is 10.2. The Hall–Kier alpha value is -1.66. The van der Waals surface area contributed by atoms with Gasteiger partial charge in [0.05, 0.1) is 18.7 Å². The van der Waals surface area contributed by atoms with Crippen molar-refractivity contribution in [3.63, 3.8) is 0 Å². The van der Waals surface area contributed by atoms with Crippen molar-refractivity contribution in [2.45, 2.75) is 19.6 Å². The van der Waals surface area contributed by atoms with Gasteiger partial charge in [0.1, 0.15) is 11.9 Å². The number of aliphatic hydroxyl groups excluding tert-OH is 1. The summed E-state index contributed by atoms with van der Waals surface area (Å²) < 4.78 is 6.65. The molecule has 1 aromatic carbocycles. The predicted molar refractivity (Wildman–Crippen MR) is 65.6 cm³/mol. The van der Waals surface area contributed by atoms with Crippen molar-refractivity contribution in [2.24, 2.45) is 0 Å². The smallest absolute Gasteiger partial charge is 0.180 e. The molecule has 0 bridgehead atoms. The van der Waals surface area contributed by atoms with Crippen molar-refractivity contribution < 1.29 is 9.84 Å². The normalized spacial score (nSPS) is 12.4. The Morgan fingerprint density at radius 3 is 2.94 bits per heavy atom. The second-order valence-electron chi connectivity index (χ2n) is 3.80. The molecular formula is C11H13ClN4O2. The summed E-state index contributed by atoms with van der Waals surface area (Å²) in [6.07, 6.45) is -0.732. The van der Waals surface area contributed by atoms with Crippen LogP contribution in [0.2, 0.25) is 5.02 Å². The summed E-state index contributed by atoms with van der Waals surface area (Å²) in [6.45, 7) is 1.98. The molecule has 0 aliphatic heterocycles. The van der Waals surface area contributed by atoms with Crippen LogP contribution in [0.4, 0.5) is 0 Å². The lowest BCUT2D eigenvalue weighted by Crippen LogP contribution is -2.10. The first-order chi connectivity index (χ1) is 8.63. The Bertz CT molecular complexity index is 542. The standard InChI is InChI=1S/C11H13ClN4O2/c1-7(17)11-13-14-15-16(11)6-8-4-3-5-9(18-2)10(8)12/h3-5,7,17H,6H2,1-2H3. The van der Waals surface area contributed by atoms with E-state index in [4.69, 9.17) is 16.3 Å². The van der Waals surface area contributed by atoms with Gasteiger partial charge < -0.3 is 9.84 Å². The number of nitrogens with zero attached hydrogens (tertiary/aromatic N) is 4. The van der Waals surface area contributed by atoms with Gasteiger partial charge in [0, 0.05) is 0 Å². The van der Waals surface area contributed by atoms with E-state index in [0.717, 1.165) is 5.56 Å². The number of aliphatic hydroxyl groups is 1. The van der Waals surface area contributed by atoms with Crippen LogP contribution < -0.4 is 4.74 Å². The Kier molecular flexibility index (Phi) is 3.78. The molecule has 0 spiro atoms. The number of tetrazole rings is 1. The maximum atomic E-state index is 9.52. The molecule has 96 valence electrons. The van der Waals surface area contributed by atoms with Gasteiger partial charge in [-0.25, -0.2) is 4.68 Å². The number of methoxy groups -OCH3 is 1. The second kappa shape index (κ2) is 5.32. The van der Waals surface area contributed by atoms with Gasteiger partial charge in [-0.2, -0.15) is 0 Å². The van der Waals surface area contributed by atoms with E-state index in [1.165, 1.54) is 4.68 Å². The van der Waals surface area contributed by atoms with E-state index in [2.05, 4.69) is 15.5 Å². The Balaban J connectivity index is 2.31. The summed E-state index contributed by atoms with van der Waals surface area (Å²) in [6, 6.07) is 5.48. The zero-order chi connectivity index (χ0) is 13.1. The molecular weight excluding hydrogens is 256 g/mol. The van der Waals surface area contributed by atoms with E-state index in [1.807, 2.05) is 12.1 Å². The van der Waals surface area contributed by atoms with Crippen LogP contribution in [0.25, 0.3) is 0 Å². The molecule has 6 nitrogen and oxygen atoms in total. The van der Waals surface area contributed by atoms with Gasteiger partial charge in [0.25, 0.3) is 0 Å². The van der Waals surface area contributed by atoms with Gasteiger partial charge in [-0.1, -0.05) is 23.7 Å². The fourth-order valence-corrected chi connectivity index (χ4v) is 1.88. The van der Waals surface area contributed by atoms with Crippen LogP contribution >= 0.6 is 11.6 Å². The van der Waals surface area contributed by atoms with E-state index >= 15 is 0 Å². The molecule has 1 heterocycles. The quantitative estimate of drug-likeness (QED) is 0.908. The summed E-state index contributed by atoms with van der Waals surface area (Å²) in [5, 5.41) is 21.2. The number of rotatable bonds is 4. The average molecular weight is 269 g/mol. The highest BCUT2D eigenvalue weighted by atomic mass is 35.5. The predicted octanol–water partition coefficient (Wildman–Crippen LogP) is 1.44. The number of aromatic nitrogens is 4. The third kappa shape index (κ3) is 2.44. The van der Waals surface area contributed by atoms with Crippen LogP contribution in [-0.4, -0.2) is 32.4 Å². The minimum Gasteiger partial charge on any atom is -0.495 e. The highest BCUT2D eigenvalue weighted by Gasteiger charge is 2.14. The summed E-state index contributed by atoms with van der Waals surface area (Å²) in [7, 11) is 1.56. The van der Waals surface area contributed by atoms with E-state index in [1.54, 1.807) is 20.1 Å². The van der Waals surface area contributed by atoms with Crippen molar-refractivity contribution in [1.29, 1.82) is 0 Å². The zero-order valence-corrected chi connectivity index (χ0v) is 10.8. The number of hydrogen-bond donors (Lipinski definition) is 1. The highest BCUT2D eigenvalue weighted by molar-refractivity contribution is 6.32. The Labute approximate surface area is 109 Å². The zero-order valence-electron chi connectivity index (χ0n) is 10.0. The SMILES string of the molecule is COc1cccc(Cn2nnnc2C(C)O)c1Cl. The van der Waals surface area contributed by atoms with Gasteiger partial charge in [-0.05, 0) is 29.0 Å². The van der Waals surface area contributed by atoms with Crippen LogP contribution in [0, 0.1) is 0 Å². The fraction of sp³-hybridized carbons (Fsp3) is 0.364. The van der Waals surface area contributed by atoms with E-state index in [0.29, 0.717) is 23.1 Å². The Morgan fingerprint density at radius 1 is 1.50 bits per heavy atom. The summed E-state index contributed by atoms with van der Waals surface area (Å²) in [4.78, 5) is 0. The first-order valence-corrected chi connectivity index (χ1v) is 5.76. The van der Waals surface area contributed by atoms with Crippen molar-refractivity contribution in [3.05, 3.63) is 34.6 Å². The molecule has 1 aromatic heterocycles. The van der Waals surface area contributed by atoms with Crippen LogP contribution in [-0.2, 0) is 6.54 Å². The number of ether oxygens (including phenoxy) is 1. The first-order valence-electron chi connectivity index (χ1n) is 5.39. The number of benzene rings is 1. The van der Waals surface area contributed by atoms with Gasteiger partial charge in [-0.3, -0.25) is 0 Å². The average Bonchev–Trinajstić information content (AvgIpc) is 2.80. The molecule has 18 heavy (non-hydrogen) atoms. The number of halogens is 1. The molecule has 2 rings (SSSR count). The third-order valence-corrected chi connectivity index (χ3v) is 2.95. The lowest BCUT2D eigenvalue weighted by molar-refractivity contribution is 0.182. The third-order valence-electron chi connectivity index (χ3n) is 2.52. The van der Waals surface area contributed by atoms with Crippen molar-refractivity contribution in [3.8, 4) is 5.75 Å². The molecule has 0 aliphatic rings. The fourth-order valence-electron chi connectivity index (χ4n) is 1.62. The molecule has 1 atom stereocenters. The van der Waals surface area contributed by atoms with E-state index < -0.39 is 6.10 Å². The summed E-state index contributed by atoms with van der Waals surface area (Å²) in [5.41, 5.74) is 0.824. The monoisotopic (exact) mass is 268 g/mol. The number of hydrogen-bond acceptors (Lipinski definition) is 5. The lowest BCUT2D eigenvalue weighted by Gasteiger charge is -2.10. The molecule has 0 amide bonds. The summed E-state index contributed by atoms with van der Waals surface area (Å²) in [5.74, 6) is 0.995. The van der Waals surface area contributed by atoms with Gasteiger partial charge in [0.15, 0.2) is 5.82 Å². The van der Waals surface area contributed by atoms with Crippen molar-refractivity contribution in [1.82, 2.24) is 20.2 Å². The largest absolute Gasteiger partial charge is 0.495 e. The second-order valence-corrected chi connectivity index (χ2v) is 4.18. The maximum Gasteiger partial charge on any atom is 0.180 e. The van der Waals surface area contributed by atoms with Crippen LogP contribution in [0.5, 0.6) is 5.75 Å². The van der Waals surface area contributed by atoms with Crippen molar-refractivity contribution in [2.75, 3.05) is 7.11 Å². The molecule has 1 unspecified atom stereocenters. The van der Waals surface area contributed by atoms with Crippen LogP contribution in [0.15, 0.2) is 18.2 Å².